The Bertz CT molecular complexity index is 1330. The van der Waals surface area contributed by atoms with E-state index in [2.05, 4.69) is 25.8 Å². The molecule has 0 saturated carbocycles. The zero-order valence-electron chi connectivity index (χ0n) is 20.1. The standard InChI is InChI=1S/C27H32N4O2S/c1-4-10-30(11-5-2)26(32)20-14-18-7-8-19(15-22(18)29-25(28)16-20)24-17-21-23(34-24)9-13-31(12-6-3)27(21)33/h7-9,13-15,17H,4-6,10-12,16H2,1-3H3,(H2,28,29). The molecule has 178 valence electrons. The highest BCUT2D eigenvalue weighted by Crippen LogP contribution is 2.36. The SMILES string of the molecule is CCCN(CCC)C(=O)C1=Cc2ccc(-c3cc4c(=O)n(CCC)ccc4s3)cc2N=C(N)C1. The molecule has 3 heterocycles. The molecule has 0 aliphatic carbocycles. The lowest BCUT2D eigenvalue weighted by atomic mass is 10.0. The predicted octanol–water partition coefficient (Wildman–Crippen LogP) is 5.56. The minimum absolute atomic E-state index is 0.0339. The fourth-order valence-corrected chi connectivity index (χ4v) is 5.42. The van der Waals surface area contributed by atoms with Crippen LogP contribution in [0.4, 0.5) is 5.69 Å². The number of nitrogens with two attached hydrogens (primary N) is 1. The average molecular weight is 477 g/mol. The number of aliphatic imine (C=N–C) groups is 1. The molecule has 1 aliphatic rings. The summed E-state index contributed by atoms with van der Waals surface area (Å²) >= 11 is 1.60. The van der Waals surface area contributed by atoms with E-state index >= 15 is 0 Å². The van der Waals surface area contributed by atoms with Gasteiger partial charge in [0.1, 0.15) is 5.84 Å². The normalized spacial score (nSPS) is 13.3. The van der Waals surface area contributed by atoms with Crippen molar-refractivity contribution in [3.63, 3.8) is 0 Å². The van der Waals surface area contributed by atoms with E-state index in [1.807, 2.05) is 47.5 Å². The van der Waals surface area contributed by atoms with Gasteiger partial charge in [-0.3, -0.25) is 9.59 Å². The Labute approximate surface area is 204 Å². The van der Waals surface area contributed by atoms with Gasteiger partial charge in [-0.1, -0.05) is 32.9 Å². The van der Waals surface area contributed by atoms with Gasteiger partial charge in [-0.2, -0.15) is 0 Å². The molecular formula is C27H32N4O2S. The number of aryl methyl sites for hydroxylation is 1. The van der Waals surface area contributed by atoms with Crippen molar-refractivity contribution in [3.05, 3.63) is 58.0 Å². The van der Waals surface area contributed by atoms with E-state index in [-0.39, 0.29) is 11.5 Å². The summed E-state index contributed by atoms with van der Waals surface area (Å²) in [5, 5.41) is 0.744. The summed E-state index contributed by atoms with van der Waals surface area (Å²) in [6.45, 7) is 8.41. The summed E-state index contributed by atoms with van der Waals surface area (Å²) in [4.78, 5) is 33.6. The Hall–Kier alpha value is -3.19. The Morgan fingerprint density at radius 3 is 2.59 bits per heavy atom. The van der Waals surface area contributed by atoms with Crippen molar-refractivity contribution < 1.29 is 4.79 Å². The van der Waals surface area contributed by atoms with Crippen molar-refractivity contribution in [3.8, 4) is 10.4 Å². The van der Waals surface area contributed by atoms with Crippen LogP contribution in [0.3, 0.4) is 0 Å². The highest BCUT2D eigenvalue weighted by atomic mass is 32.1. The molecule has 2 aromatic heterocycles. The van der Waals surface area contributed by atoms with Crippen LogP contribution in [-0.4, -0.2) is 34.3 Å². The second-order valence-corrected chi connectivity index (χ2v) is 9.80. The molecule has 0 spiro atoms. The van der Waals surface area contributed by atoms with Gasteiger partial charge in [0.15, 0.2) is 0 Å². The third-order valence-electron chi connectivity index (χ3n) is 5.95. The number of aromatic nitrogens is 1. The van der Waals surface area contributed by atoms with Gasteiger partial charge in [0.25, 0.3) is 5.56 Å². The van der Waals surface area contributed by atoms with Crippen LogP contribution in [0.2, 0.25) is 0 Å². The molecule has 7 heteroatoms. The molecule has 0 radical (unpaired) electrons. The summed E-state index contributed by atoms with van der Waals surface area (Å²) in [5.41, 5.74) is 9.58. The zero-order valence-corrected chi connectivity index (χ0v) is 21.0. The number of nitrogens with zero attached hydrogens (tertiary/aromatic N) is 3. The number of benzene rings is 1. The lowest BCUT2D eigenvalue weighted by Crippen LogP contribution is -2.34. The molecule has 0 fully saturated rings. The van der Waals surface area contributed by atoms with Crippen LogP contribution in [0.1, 0.15) is 52.0 Å². The number of amidine groups is 1. The van der Waals surface area contributed by atoms with Crippen LogP contribution in [0.15, 0.2) is 51.9 Å². The summed E-state index contributed by atoms with van der Waals surface area (Å²) in [7, 11) is 0. The first-order valence-corrected chi connectivity index (χ1v) is 12.9. The van der Waals surface area contributed by atoms with Crippen molar-refractivity contribution in [2.75, 3.05) is 13.1 Å². The maximum atomic E-state index is 13.2. The lowest BCUT2D eigenvalue weighted by molar-refractivity contribution is -0.127. The molecule has 1 aromatic carbocycles. The van der Waals surface area contributed by atoms with E-state index in [1.165, 1.54) is 0 Å². The molecule has 1 aliphatic heterocycles. The zero-order chi connectivity index (χ0) is 24.2. The monoisotopic (exact) mass is 476 g/mol. The third-order valence-corrected chi connectivity index (χ3v) is 7.10. The fraction of sp³-hybridized carbons (Fsp3) is 0.370. The van der Waals surface area contributed by atoms with Crippen molar-refractivity contribution >= 4 is 44.9 Å². The summed E-state index contributed by atoms with van der Waals surface area (Å²) in [6.07, 6.45) is 6.89. The second-order valence-electron chi connectivity index (χ2n) is 8.72. The van der Waals surface area contributed by atoms with Gasteiger partial charge in [-0.25, -0.2) is 4.99 Å². The van der Waals surface area contributed by atoms with Crippen LogP contribution in [-0.2, 0) is 11.3 Å². The second kappa shape index (κ2) is 10.4. The van der Waals surface area contributed by atoms with E-state index in [9.17, 15) is 9.59 Å². The van der Waals surface area contributed by atoms with Gasteiger partial charge >= 0.3 is 0 Å². The van der Waals surface area contributed by atoms with Gasteiger partial charge in [0.05, 0.1) is 11.1 Å². The molecule has 3 aromatic rings. The first-order valence-electron chi connectivity index (χ1n) is 12.0. The maximum Gasteiger partial charge on any atom is 0.259 e. The fourth-order valence-electron chi connectivity index (χ4n) is 4.37. The Morgan fingerprint density at radius 2 is 1.88 bits per heavy atom. The summed E-state index contributed by atoms with van der Waals surface area (Å²) < 4.78 is 2.75. The molecule has 34 heavy (non-hydrogen) atoms. The van der Waals surface area contributed by atoms with E-state index in [0.29, 0.717) is 24.4 Å². The minimum atomic E-state index is 0.0339. The Balaban J connectivity index is 1.71. The van der Waals surface area contributed by atoms with Crippen molar-refractivity contribution in [1.29, 1.82) is 0 Å². The van der Waals surface area contributed by atoms with Gasteiger partial charge in [0.2, 0.25) is 5.91 Å². The van der Waals surface area contributed by atoms with Crippen LogP contribution in [0, 0.1) is 0 Å². The van der Waals surface area contributed by atoms with Crippen LogP contribution < -0.4 is 11.3 Å². The van der Waals surface area contributed by atoms with Gasteiger partial charge < -0.3 is 15.2 Å². The first-order chi connectivity index (χ1) is 16.4. The highest BCUT2D eigenvalue weighted by Gasteiger charge is 2.21. The van der Waals surface area contributed by atoms with Gasteiger partial charge in [-0.15, -0.1) is 11.3 Å². The number of amides is 1. The maximum absolute atomic E-state index is 13.2. The Kier molecular flexibility index (Phi) is 7.32. The number of pyridine rings is 1. The molecule has 4 rings (SSSR count). The number of thiophene rings is 1. The van der Waals surface area contributed by atoms with Gasteiger partial charge in [0, 0.05) is 53.0 Å². The quantitative estimate of drug-likeness (QED) is 0.462. The molecule has 2 N–H and O–H groups in total. The number of hydrogen-bond donors (Lipinski definition) is 1. The number of hydrogen-bond acceptors (Lipinski definition) is 5. The molecule has 6 nitrogen and oxygen atoms in total. The molecular weight excluding hydrogens is 444 g/mol. The van der Waals surface area contributed by atoms with E-state index < -0.39 is 0 Å². The molecule has 0 saturated heterocycles. The minimum Gasteiger partial charge on any atom is -0.387 e. The third kappa shape index (κ3) is 4.85. The molecule has 0 atom stereocenters. The van der Waals surface area contributed by atoms with E-state index in [0.717, 1.165) is 64.1 Å². The lowest BCUT2D eigenvalue weighted by Gasteiger charge is -2.22. The summed E-state index contributed by atoms with van der Waals surface area (Å²) in [5.74, 6) is 0.467. The van der Waals surface area contributed by atoms with Crippen molar-refractivity contribution in [2.24, 2.45) is 10.7 Å². The van der Waals surface area contributed by atoms with Gasteiger partial charge in [-0.05, 0) is 49.1 Å². The highest BCUT2D eigenvalue weighted by molar-refractivity contribution is 7.22. The van der Waals surface area contributed by atoms with E-state index in [4.69, 9.17) is 5.73 Å². The summed E-state index contributed by atoms with van der Waals surface area (Å²) in [6, 6.07) is 10.00. The first kappa shape index (κ1) is 24.0. The molecule has 0 unspecified atom stereocenters. The number of carbonyl (C=O) groups is 1. The number of carbonyl (C=O) groups excluding carboxylic acids is 1. The number of rotatable bonds is 8. The van der Waals surface area contributed by atoms with E-state index in [1.54, 1.807) is 15.9 Å². The average Bonchev–Trinajstić information content (AvgIpc) is 3.18. The largest absolute Gasteiger partial charge is 0.387 e. The topological polar surface area (TPSA) is 80.7 Å². The predicted molar refractivity (Wildman–Crippen MR) is 143 cm³/mol. The van der Waals surface area contributed by atoms with Crippen LogP contribution in [0.25, 0.3) is 26.6 Å². The van der Waals surface area contributed by atoms with Crippen molar-refractivity contribution in [1.82, 2.24) is 9.47 Å². The number of fused-ring (bicyclic) bond motifs is 2. The smallest absolute Gasteiger partial charge is 0.259 e. The van der Waals surface area contributed by atoms with Crippen LogP contribution in [0.5, 0.6) is 0 Å². The Morgan fingerprint density at radius 1 is 1.12 bits per heavy atom. The molecule has 1 amide bonds. The van der Waals surface area contributed by atoms with Crippen molar-refractivity contribution in [2.45, 2.75) is 53.0 Å². The molecule has 0 bridgehead atoms. The van der Waals surface area contributed by atoms with Crippen LogP contribution >= 0.6 is 11.3 Å².